The zero-order chi connectivity index (χ0) is 14.4. The standard InChI is InChI=1S/C12H10Cl2O5/c1-17-11(15)6-10(12(16)18-2)19-9-4-3-7(13)5-8(9)14/h3-6H,1-2H3/b10-6-. The van der Waals surface area contributed by atoms with Crippen LogP contribution in [0.4, 0.5) is 0 Å². The van der Waals surface area contributed by atoms with Crippen molar-refractivity contribution in [2.75, 3.05) is 14.2 Å². The Balaban J connectivity index is 3.04. The SMILES string of the molecule is COC(=O)/C=C(\Oc1ccc(Cl)cc1Cl)C(=O)OC. The first-order chi connectivity index (χ1) is 8.97. The average molecular weight is 305 g/mol. The Morgan fingerprint density at radius 2 is 1.84 bits per heavy atom. The Morgan fingerprint density at radius 1 is 1.16 bits per heavy atom. The molecule has 0 aromatic heterocycles. The van der Waals surface area contributed by atoms with Crippen molar-refractivity contribution in [2.24, 2.45) is 0 Å². The van der Waals surface area contributed by atoms with Crippen LogP contribution in [-0.2, 0) is 19.1 Å². The zero-order valence-corrected chi connectivity index (χ0v) is 11.6. The number of hydrogen-bond donors (Lipinski definition) is 0. The van der Waals surface area contributed by atoms with Crippen molar-refractivity contribution in [1.29, 1.82) is 0 Å². The van der Waals surface area contributed by atoms with Crippen molar-refractivity contribution in [3.63, 3.8) is 0 Å². The number of ether oxygens (including phenoxy) is 3. The molecular formula is C12H10Cl2O5. The molecule has 0 atom stereocenters. The summed E-state index contributed by atoms with van der Waals surface area (Å²) >= 11 is 11.6. The second kappa shape index (κ2) is 7.01. The molecule has 0 aliphatic rings. The van der Waals surface area contributed by atoms with Gasteiger partial charge in [0, 0.05) is 5.02 Å². The summed E-state index contributed by atoms with van der Waals surface area (Å²) in [5.41, 5.74) is 0. The lowest BCUT2D eigenvalue weighted by atomic mass is 10.3. The highest BCUT2D eigenvalue weighted by atomic mass is 35.5. The number of esters is 2. The smallest absolute Gasteiger partial charge is 0.374 e. The van der Waals surface area contributed by atoms with E-state index in [2.05, 4.69) is 9.47 Å². The van der Waals surface area contributed by atoms with E-state index in [0.29, 0.717) is 5.02 Å². The Hall–Kier alpha value is -1.72. The van der Waals surface area contributed by atoms with E-state index in [4.69, 9.17) is 27.9 Å². The normalized spacial score (nSPS) is 10.8. The predicted octanol–water partition coefficient (Wildman–Crippen LogP) is 2.60. The molecule has 0 radical (unpaired) electrons. The van der Waals surface area contributed by atoms with Gasteiger partial charge in [-0.3, -0.25) is 0 Å². The van der Waals surface area contributed by atoms with E-state index >= 15 is 0 Å². The number of halogens is 2. The van der Waals surface area contributed by atoms with Gasteiger partial charge >= 0.3 is 11.9 Å². The summed E-state index contributed by atoms with van der Waals surface area (Å²) in [6.07, 6.45) is 0.858. The molecule has 5 nitrogen and oxygen atoms in total. The van der Waals surface area contributed by atoms with Gasteiger partial charge in [-0.25, -0.2) is 9.59 Å². The van der Waals surface area contributed by atoms with E-state index in [-0.39, 0.29) is 16.5 Å². The molecule has 1 aromatic carbocycles. The molecule has 0 amide bonds. The summed E-state index contributed by atoms with van der Waals surface area (Å²) in [4.78, 5) is 22.6. The Morgan fingerprint density at radius 3 is 2.37 bits per heavy atom. The molecule has 0 aliphatic carbocycles. The molecule has 0 unspecified atom stereocenters. The number of carbonyl (C=O) groups is 2. The Labute approximate surface area is 119 Å². The maximum absolute atomic E-state index is 11.5. The molecule has 1 aromatic rings. The predicted molar refractivity (Wildman–Crippen MR) is 69.2 cm³/mol. The van der Waals surface area contributed by atoms with Crippen LogP contribution >= 0.6 is 23.2 Å². The molecule has 102 valence electrons. The van der Waals surface area contributed by atoms with E-state index < -0.39 is 11.9 Å². The second-order valence-corrected chi connectivity index (χ2v) is 4.04. The van der Waals surface area contributed by atoms with Crippen LogP contribution in [0, 0.1) is 0 Å². The van der Waals surface area contributed by atoms with Crippen molar-refractivity contribution in [2.45, 2.75) is 0 Å². The first-order valence-electron chi connectivity index (χ1n) is 4.98. The third kappa shape index (κ3) is 4.46. The minimum Gasteiger partial charge on any atom is -0.466 e. The van der Waals surface area contributed by atoms with E-state index in [1.54, 1.807) is 0 Å². The van der Waals surface area contributed by atoms with Crippen LogP contribution in [0.5, 0.6) is 5.75 Å². The van der Waals surface area contributed by atoms with Gasteiger partial charge < -0.3 is 14.2 Å². The maximum Gasteiger partial charge on any atom is 0.374 e. The highest BCUT2D eigenvalue weighted by Crippen LogP contribution is 2.29. The quantitative estimate of drug-likeness (QED) is 0.486. The van der Waals surface area contributed by atoms with Gasteiger partial charge in [-0.05, 0) is 18.2 Å². The van der Waals surface area contributed by atoms with Crippen LogP contribution in [0.3, 0.4) is 0 Å². The zero-order valence-electron chi connectivity index (χ0n) is 10.1. The van der Waals surface area contributed by atoms with Crippen LogP contribution in [0.15, 0.2) is 30.0 Å². The van der Waals surface area contributed by atoms with Crippen molar-refractivity contribution >= 4 is 35.1 Å². The number of benzene rings is 1. The van der Waals surface area contributed by atoms with Gasteiger partial charge in [-0.1, -0.05) is 23.2 Å². The van der Waals surface area contributed by atoms with E-state index in [1.165, 1.54) is 25.3 Å². The fraction of sp³-hybridized carbons (Fsp3) is 0.167. The van der Waals surface area contributed by atoms with Gasteiger partial charge in [0.1, 0.15) is 5.75 Å². The highest BCUT2D eigenvalue weighted by molar-refractivity contribution is 6.35. The molecule has 0 saturated heterocycles. The molecule has 0 fully saturated rings. The monoisotopic (exact) mass is 304 g/mol. The molecule has 0 saturated carbocycles. The summed E-state index contributed by atoms with van der Waals surface area (Å²) in [5.74, 6) is -1.79. The van der Waals surface area contributed by atoms with Crippen molar-refractivity contribution in [1.82, 2.24) is 0 Å². The molecule has 0 aliphatic heterocycles. The van der Waals surface area contributed by atoms with Gasteiger partial charge in [0.2, 0.25) is 5.76 Å². The minimum absolute atomic E-state index is 0.159. The Bertz CT molecular complexity index is 525. The first kappa shape index (κ1) is 15.3. The highest BCUT2D eigenvalue weighted by Gasteiger charge is 2.16. The summed E-state index contributed by atoms with van der Waals surface area (Å²) < 4.78 is 14.1. The van der Waals surface area contributed by atoms with Crippen LogP contribution < -0.4 is 4.74 Å². The first-order valence-corrected chi connectivity index (χ1v) is 5.74. The van der Waals surface area contributed by atoms with Gasteiger partial charge in [0.15, 0.2) is 0 Å². The summed E-state index contributed by atoms with van der Waals surface area (Å²) in [6, 6.07) is 4.42. The van der Waals surface area contributed by atoms with Crippen LogP contribution in [0.1, 0.15) is 0 Å². The fourth-order valence-electron chi connectivity index (χ4n) is 1.07. The lowest BCUT2D eigenvalue weighted by Gasteiger charge is -2.09. The van der Waals surface area contributed by atoms with Crippen LogP contribution in [0.2, 0.25) is 10.0 Å². The molecule has 0 bridgehead atoms. The molecule has 0 N–H and O–H groups in total. The van der Waals surface area contributed by atoms with Crippen LogP contribution in [0.25, 0.3) is 0 Å². The number of rotatable bonds is 4. The fourth-order valence-corrected chi connectivity index (χ4v) is 1.52. The minimum atomic E-state index is -0.837. The summed E-state index contributed by atoms with van der Waals surface area (Å²) in [5, 5.41) is 0.598. The molecule has 0 spiro atoms. The third-order valence-corrected chi connectivity index (χ3v) is 2.48. The van der Waals surface area contributed by atoms with E-state index in [1.807, 2.05) is 0 Å². The summed E-state index contributed by atoms with van der Waals surface area (Å²) in [7, 11) is 2.32. The topological polar surface area (TPSA) is 61.8 Å². The van der Waals surface area contributed by atoms with Gasteiger partial charge in [0.25, 0.3) is 0 Å². The molecule has 19 heavy (non-hydrogen) atoms. The van der Waals surface area contributed by atoms with Gasteiger partial charge in [-0.2, -0.15) is 0 Å². The number of hydrogen-bond acceptors (Lipinski definition) is 5. The van der Waals surface area contributed by atoms with Gasteiger partial charge in [-0.15, -0.1) is 0 Å². The average Bonchev–Trinajstić information content (AvgIpc) is 2.39. The largest absolute Gasteiger partial charge is 0.466 e. The second-order valence-electron chi connectivity index (χ2n) is 3.20. The molecule has 0 heterocycles. The lowest BCUT2D eigenvalue weighted by molar-refractivity contribution is -0.140. The van der Waals surface area contributed by atoms with Crippen LogP contribution in [-0.4, -0.2) is 26.2 Å². The third-order valence-electron chi connectivity index (χ3n) is 1.95. The maximum atomic E-state index is 11.5. The Kier molecular flexibility index (Phi) is 5.66. The summed E-state index contributed by atoms with van der Waals surface area (Å²) in [6.45, 7) is 0. The number of carbonyl (C=O) groups excluding carboxylic acids is 2. The van der Waals surface area contributed by atoms with E-state index in [0.717, 1.165) is 13.2 Å². The number of methoxy groups -OCH3 is 2. The van der Waals surface area contributed by atoms with Gasteiger partial charge in [0.05, 0.1) is 25.3 Å². The van der Waals surface area contributed by atoms with Crippen molar-refractivity contribution in [3.05, 3.63) is 40.1 Å². The van der Waals surface area contributed by atoms with E-state index in [9.17, 15) is 9.59 Å². The molecule has 7 heteroatoms. The molecular weight excluding hydrogens is 295 g/mol. The van der Waals surface area contributed by atoms with Crippen molar-refractivity contribution in [3.8, 4) is 5.75 Å². The lowest BCUT2D eigenvalue weighted by Crippen LogP contribution is -2.13. The molecule has 1 rings (SSSR count). The van der Waals surface area contributed by atoms with Crippen molar-refractivity contribution < 1.29 is 23.8 Å².